The number of alkyl halides is 3. The Morgan fingerprint density at radius 3 is 1.50 bits per heavy atom. The van der Waals surface area contributed by atoms with Gasteiger partial charge < -0.3 is 0 Å². The van der Waals surface area contributed by atoms with E-state index in [9.17, 15) is 13.2 Å². The zero-order valence-corrected chi connectivity index (χ0v) is 9.58. The summed E-state index contributed by atoms with van der Waals surface area (Å²) in [6.45, 7) is 5.06. The highest BCUT2D eigenvalue weighted by Crippen LogP contribution is 2.24. The quantitative estimate of drug-likeness (QED) is 0.436. The Morgan fingerprint density at radius 1 is 1.20 bits per heavy atom. The molecule has 6 heteroatoms. The maximum atomic E-state index is 11.9. The van der Waals surface area contributed by atoms with Crippen LogP contribution in [0, 0.1) is 0 Å². The van der Waals surface area contributed by atoms with Gasteiger partial charge in [-0.3, -0.25) is 4.23 Å². The Kier molecular flexibility index (Phi) is 2.72. The molecule has 0 rings (SSSR count). The standard InChI is InChI=1S/C4H12F3NSi2/c1-10(2,3)8(9)4(5,6)7/h1-3,9H3. The van der Waals surface area contributed by atoms with Gasteiger partial charge in [0.25, 0.3) is 0 Å². The molecule has 0 N–H and O–H groups in total. The van der Waals surface area contributed by atoms with Gasteiger partial charge in [0.1, 0.15) is 8.24 Å². The van der Waals surface area contributed by atoms with Gasteiger partial charge in [-0.15, -0.1) is 0 Å². The molecule has 0 aliphatic heterocycles. The van der Waals surface area contributed by atoms with E-state index in [1.165, 1.54) is 0 Å². The van der Waals surface area contributed by atoms with E-state index in [1.54, 1.807) is 19.6 Å². The Bertz CT molecular complexity index is 103. The van der Waals surface area contributed by atoms with Crippen LogP contribution in [-0.4, -0.2) is 29.2 Å². The average molecular weight is 187 g/mol. The third kappa shape index (κ3) is 2.85. The fourth-order valence-corrected chi connectivity index (χ4v) is 1.14. The van der Waals surface area contributed by atoms with Crippen molar-refractivity contribution in [3.63, 3.8) is 0 Å². The molecule has 0 amide bonds. The molecule has 0 aliphatic rings. The van der Waals surface area contributed by atoms with Gasteiger partial charge in [-0.2, -0.15) is 13.2 Å². The lowest BCUT2D eigenvalue weighted by Crippen LogP contribution is -2.52. The topological polar surface area (TPSA) is 3.24 Å². The Labute approximate surface area is 62.8 Å². The molecule has 0 saturated carbocycles. The van der Waals surface area contributed by atoms with Crippen molar-refractivity contribution < 1.29 is 13.2 Å². The SMILES string of the molecule is C[Si](C)(C)N([SiH3])C(F)(F)F. The first-order chi connectivity index (χ1) is 4.15. The summed E-state index contributed by atoms with van der Waals surface area (Å²) in [6.07, 6.45) is -4.10. The molecule has 0 bridgehead atoms. The van der Waals surface area contributed by atoms with Crippen molar-refractivity contribution in [2.45, 2.75) is 25.9 Å². The lowest BCUT2D eigenvalue weighted by molar-refractivity contribution is -0.186. The molecule has 62 valence electrons. The van der Waals surface area contributed by atoms with Gasteiger partial charge in [-0.1, -0.05) is 19.6 Å². The van der Waals surface area contributed by atoms with Crippen molar-refractivity contribution >= 4 is 18.6 Å². The van der Waals surface area contributed by atoms with Gasteiger partial charge in [0, 0.05) is 0 Å². The van der Waals surface area contributed by atoms with Gasteiger partial charge in [0.05, 0.1) is 10.4 Å². The second kappa shape index (κ2) is 2.67. The predicted octanol–water partition coefficient (Wildman–Crippen LogP) is 0.923. The number of nitrogens with zero attached hydrogens (tertiary/aromatic N) is 1. The van der Waals surface area contributed by atoms with Crippen LogP contribution < -0.4 is 0 Å². The van der Waals surface area contributed by atoms with Gasteiger partial charge in [0.2, 0.25) is 0 Å². The molecule has 0 atom stereocenters. The molecule has 0 heterocycles. The summed E-state index contributed by atoms with van der Waals surface area (Å²) in [6, 6.07) is 0. The molecule has 1 nitrogen and oxygen atoms in total. The zero-order chi connectivity index (χ0) is 8.58. The maximum Gasteiger partial charge on any atom is 0.446 e. The lowest BCUT2D eigenvalue weighted by atomic mass is 11.2. The van der Waals surface area contributed by atoms with Crippen LogP contribution in [0.25, 0.3) is 0 Å². The molecular weight excluding hydrogens is 175 g/mol. The van der Waals surface area contributed by atoms with Crippen molar-refractivity contribution in [2.75, 3.05) is 0 Å². The smallest absolute Gasteiger partial charge is 0.268 e. The molecule has 0 spiro atoms. The first-order valence-electron chi connectivity index (χ1n) is 2.96. The largest absolute Gasteiger partial charge is 0.446 e. The lowest BCUT2D eigenvalue weighted by Gasteiger charge is -2.31. The summed E-state index contributed by atoms with van der Waals surface area (Å²) < 4.78 is 36.5. The van der Waals surface area contributed by atoms with Crippen molar-refractivity contribution in [1.29, 1.82) is 0 Å². The summed E-state index contributed by atoms with van der Waals surface area (Å²) in [5.41, 5.74) is 0. The van der Waals surface area contributed by atoms with Gasteiger partial charge in [-0.05, 0) is 0 Å². The number of hydrogen-bond acceptors (Lipinski definition) is 1. The van der Waals surface area contributed by atoms with Crippen LogP contribution in [0.4, 0.5) is 13.2 Å². The van der Waals surface area contributed by atoms with E-state index >= 15 is 0 Å². The molecule has 0 aliphatic carbocycles. The van der Waals surface area contributed by atoms with Gasteiger partial charge >= 0.3 is 6.30 Å². The second-order valence-corrected chi connectivity index (χ2v) is 10.00. The molecule has 0 aromatic heterocycles. The Balaban J connectivity index is 4.23. The third-order valence-corrected chi connectivity index (χ3v) is 8.18. The zero-order valence-electron chi connectivity index (χ0n) is 6.58. The highest BCUT2D eigenvalue weighted by Gasteiger charge is 2.40. The van der Waals surface area contributed by atoms with Crippen LogP contribution in [0.5, 0.6) is 0 Å². The fraction of sp³-hybridized carbons (Fsp3) is 1.00. The van der Waals surface area contributed by atoms with E-state index < -0.39 is 14.5 Å². The van der Waals surface area contributed by atoms with Crippen LogP contribution in [0.2, 0.25) is 19.6 Å². The molecule has 0 aromatic rings. The predicted molar refractivity (Wildman–Crippen MR) is 41.2 cm³/mol. The summed E-state index contributed by atoms with van der Waals surface area (Å²) in [5, 5.41) is 0. The van der Waals surface area contributed by atoms with Gasteiger partial charge in [0.15, 0.2) is 0 Å². The minimum absolute atomic E-state index is 0.0772. The fourth-order valence-electron chi connectivity index (χ4n) is 0.380. The monoisotopic (exact) mass is 187 g/mol. The Morgan fingerprint density at radius 2 is 1.50 bits per heavy atom. The average Bonchev–Trinajstić information content (AvgIpc) is 1.59. The normalized spacial score (nSPS) is 14.7. The molecule has 0 saturated heterocycles. The minimum Gasteiger partial charge on any atom is -0.268 e. The minimum atomic E-state index is -4.10. The van der Waals surface area contributed by atoms with Crippen LogP contribution >= 0.6 is 0 Å². The number of halogens is 3. The van der Waals surface area contributed by atoms with Crippen LogP contribution in [0.1, 0.15) is 0 Å². The summed E-state index contributed by atoms with van der Waals surface area (Å²) >= 11 is 0. The van der Waals surface area contributed by atoms with Gasteiger partial charge in [-0.25, -0.2) is 0 Å². The first-order valence-corrected chi connectivity index (χ1v) is 7.30. The van der Waals surface area contributed by atoms with E-state index in [0.717, 1.165) is 0 Å². The van der Waals surface area contributed by atoms with Crippen LogP contribution in [0.15, 0.2) is 0 Å². The van der Waals surface area contributed by atoms with Crippen molar-refractivity contribution in [3.8, 4) is 0 Å². The van der Waals surface area contributed by atoms with Crippen molar-refractivity contribution in [3.05, 3.63) is 0 Å². The second-order valence-electron chi connectivity index (χ2n) is 3.20. The maximum absolute atomic E-state index is 11.9. The number of rotatable bonds is 1. The molecule has 0 unspecified atom stereocenters. The van der Waals surface area contributed by atoms with E-state index in [2.05, 4.69) is 0 Å². The molecule has 10 heavy (non-hydrogen) atoms. The highest BCUT2D eigenvalue weighted by atomic mass is 28.4. The van der Waals surface area contributed by atoms with Crippen molar-refractivity contribution in [1.82, 2.24) is 4.23 Å². The van der Waals surface area contributed by atoms with E-state index in [1.807, 2.05) is 0 Å². The van der Waals surface area contributed by atoms with Crippen LogP contribution in [0.3, 0.4) is 0 Å². The first kappa shape index (κ1) is 10.2. The number of hydrogen-bond donors (Lipinski definition) is 0. The summed E-state index contributed by atoms with van der Waals surface area (Å²) in [7, 11) is -2.05. The third-order valence-electron chi connectivity index (χ3n) is 1.39. The van der Waals surface area contributed by atoms with Crippen LogP contribution in [-0.2, 0) is 0 Å². The molecular formula is C4H12F3NSi2. The van der Waals surface area contributed by atoms with Crippen molar-refractivity contribution in [2.24, 2.45) is 0 Å². The van der Waals surface area contributed by atoms with E-state index in [-0.39, 0.29) is 10.4 Å². The summed E-state index contributed by atoms with van der Waals surface area (Å²) in [5.74, 6) is 0. The summed E-state index contributed by atoms with van der Waals surface area (Å²) in [4.78, 5) is 0. The van der Waals surface area contributed by atoms with E-state index in [0.29, 0.717) is 4.23 Å². The Hall–Kier alpha value is 0.184. The molecule has 0 fully saturated rings. The molecule has 0 radical (unpaired) electrons. The highest BCUT2D eigenvalue weighted by molar-refractivity contribution is 6.77. The van der Waals surface area contributed by atoms with E-state index in [4.69, 9.17) is 0 Å². The molecule has 0 aromatic carbocycles.